The van der Waals surface area contributed by atoms with Crippen molar-refractivity contribution in [2.75, 3.05) is 35.0 Å². The van der Waals surface area contributed by atoms with Gasteiger partial charge in [0.15, 0.2) is 23.0 Å². The second-order valence-electron chi connectivity index (χ2n) is 10.9. The van der Waals surface area contributed by atoms with Crippen LogP contribution < -0.4 is 29.0 Å². The first-order chi connectivity index (χ1) is 20.9. The third-order valence-corrected chi connectivity index (χ3v) is 8.07. The molecule has 1 saturated carbocycles. The summed E-state index contributed by atoms with van der Waals surface area (Å²) in [7, 11) is 6.42. The summed E-state index contributed by atoms with van der Waals surface area (Å²) in [5.41, 5.74) is 2.86. The highest BCUT2D eigenvalue weighted by Crippen LogP contribution is 2.47. The van der Waals surface area contributed by atoms with Crippen LogP contribution in [0.2, 0.25) is 0 Å². The monoisotopic (exact) mass is 598 g/mol. The minimum atomic E-state index is -0.519. The van der Waals surface area contributed by atoms with Crippen LogP contribution in [0.25, 0.3) is 0 Å². The van der Waals surface area contributed by atoms with Crippen molar-refractivity contribution in [3.63, 3.8) is 0 Å². The molecule has 1 aliphatic heterocycles. The van der Waals surface area contributed by atoms with Gasteiger partial charge in [-0.2, -0.15) is 0 Å². The second-order valence-corrected chi connectivity index (χ2v) is 10.9. The Bertz CT molecular complexity index is 1220. The van der Waals surface area contributed by atoms with E-state index in [1.807, 2.05) is 24.3 Å². The summed E-state index contributed by atoms with van der Waals surface area (Å²) in [5, 5.41) is 13.9. The number of hydrogen-bond acceptors (Lipinski definition) is 8. The van der Waals surface area contributed by atoms with Crippen molar-refractivity contribution in [1.29, 1.82) is 0 Å². The molecule has 0 bridgehead atoms. The van der Waals surface area contributed by atoms with Crippen molar-refractivity contribution in [1.82, 2.24) is 10.4 Å². The molecular weight excluding hydrogens is 552 g/mol. The van der Waals surface area contributed by atoms with E-state index in [1.165, 1.54) is 0 Å². The Morgan fingerprint density at radius 3 is 2.02 bits per heavy atom. The fourth-order valence-corrected chi connectivity index (χ4v) is 5.83. The number of nitrogens with zero attached hydrogens (tertiary/aromatic N) is 1. The first-order valence-electron chi connectivity index (χ1n) is 15.2. The van der Waals surface area contributed by atoms with Crippen molar-refractivity contribution >= 4 is 6.03 Å². The summed E-state index contributed by atoms with van der Waals surface area (Å²) in [4.78, 5) is 12.5. The van der Waals surface area contributed by atoms with Crippen LogP contribution in [0.5, 0.6) is 28.7 Å². The molecule has 236 valence electrons. The third kappa shape index (κ3) is 7.86. The van der Waals surface area contributed by atoms with E-state index >= 15 is 0 Å². The van der Waals surface area contributed by atoms with Crippen molar-refractivity contribution in [3.05, 3.63) is 53.2 Å². The van der Waals surface area contributed by atoms with E-state index in [4.69, 9.17) is 28.4 Å². The van der Waals surface area contributed by atoms with Gasteiger partial charge in [-0.25, -0.2) is 9.86 Å². The molecule has 1 heterocycles. The summed E-state index contributed by atoms with van der Waals surface area (Å²) in [6, 6.07) is 7.28. The number of hydroxylamine groups is 2. The maximum Gasteiger partial charge on any atom is 0.345 e. The van der Waals surface area contributed by atoms with E-state index in [-0.39, 0.29) is 18.2 Å². The number of methoxy groups -OCH3 is 4. The zero-order chi connectivity index (χ0) is 30.8. The number of hydrogen-bond donors (Lipinski definition) is 2. The molecule has 2 aromatic rings. The van der Waals surface area contributed by atoms with Crippen molar-refractivity contribution in [3.8, 4) is 28.7 Å². The van der Waals surface area contributed by atoms with Crippen LogP contribution in [-0.4, -0.2) is 57.4 Å². The van der Waals surface area contributed by atoms with Gasteiger partial charge in [0.1, 0.15) is 0 Å². The smallest absolute Gasteiger partial charge is 0.345 e. The van der Waals surface area contributed by atoms with Gasteiger partial charge in [-0.1, -0.05) is 32.3 Å². The number of ether oxygens (including phenoxy) is 6. The topological polar surface area (TPSA) is 108 Å². The number of urea groups is 1. The number of carbonyl (C=O) groups excluding carboxylic acids is 1. The number of amides is 2. The third-order valence-electron chi connectivity index (χ3n) is 8.07. The molecule has 0 radical (unpaired) electrons. The average molecular weight is 599 g/mol. The lowest BCUT2D eigenvalue weighted by molar-refractivity contribution is -0.0860. The summed E-state index contributed by atoms with van der Waals surface area (Å²) in [6.07, 6.45) is 10.9. The lowest BCUT2D eigenvalue weighted by Crippen LogP contribution is -2.43. The van der Waals surface area contributed by atoms with Crippen LogP contribution in [0, 0.1) is 0 Å². The SMILES string of the molecule is CCCOc1c(CC=CNC(=O)N(O)C2CCCCC2)cc(C2CCC(c3cc(OC)c(OC)c(OC)c3)O2)cc1OC. The van der Waals surface area contributed by atoms with Gasteiger partial charge in [0, 0.05) is 11.8 Å². The highest BCUT2D eigenvalue weighted by molar-refractivity contribution is 5.74. The van der Waals surface area contributed by atoms with E-state index in [2.05, 4.69) is 18.3 Å². The summed E-state index contributed by atoms with van der Waals surface area (Å²) in [6.45, 7) is 2.60. The maximum atomic E-state index is 12.5. The van der Waals surface area contributed by atoms with E-state index < -0.39 is 6.03 Å². The molecule has 2 fully saturated rings. The molecular formula is C33H46N2O8. The van der Waals surface area contributed by atoms with Gasteiger partial charge < -0.3 is 33.7 Å². The van der Waals surface area contributed by atoms with Crippen LogP contribution in [0.1, 0.15) is 87.2 Å². The van der Waals surface area contributed by atoms with E-state index in [1.54, 1.807) is 34.6 Å². The van der Waals surface area contributed by atoms with Crippen LogP contribution in [0.4, 0.5) is 4.79 Å². The zero-order valence-corrected chi connectivity index (χ0v) is 26.0. The standard InChI is InChI=1S/C33H46N2O8/c1-6-17-42-31-22(11-10-16-34-33(36)35(37)25-12-8-7-9-13-25)18-23(19-28(31)38-2)26-14-15-27(43-26)24-20-29(39-3)32(41-5)30(21-24)40-4/h10,16,18-21,25-27,37H,6-9,11-15,17H2,1-5H3,(H,34,36). The highest BCUT2D eigenvalue weighted by atomic mass is 16.5. The molecule has 10 nitrogen and oxygen atoms in total. The van der Waals surface area contributed by atoms with Crippen LogP contribution in [0.15, 0.2) is 36.5 Å². The number of carbonyl (C=O) groups is 1. The van der Waals surface area contributed by atoms with E-state index in [0.717, 1.165) is 73.1 Å². The first kappa shape index (κ1) is 32.3. The Kier molecular flexibility index (Phi) is 11.8. The van der Waals surface area contributed by atoms with E-state index in [9.17, 15) is 10.0 Å². The van der Waals surface area contributed by atoms with Gasteiger partial charge in [0.25, 0.3) is 0 Å². The normalized spacial score (nSPS) is 18.8. The molecule has 2 aliphatic rings. The summed E-state index contributed by atoms with van der Waals surface area (Å²) in [5.74, 6) is 3.04. The van der Waals surface area contributed by atoms with Gasteiger partial charge in [-0.15, -0.1) is 0 Å². The largest absolute Gasteiger partial charge is 0.493 e. The Hall–Kier alpha value is -3.63. The Balaban J connectivity index is 1.51. The van der Waals surface area contributed by atoms with Gasteiger partial charge in [0.05, 0.1) is 53.3 Å². The van der Waals surface area contributed by atoms with Crippen molar-refractivity contribution in [2.45, 2.75) is 83.0 Å². The van der Waals surface area contributed by atoms with Crippen LogP contribution in [-0.2, 0) is 11.2 Å². The van der Waals surface area contributed by atoms with Gasteiger partial charge >= 0.3 is 6.03 Å². The second kappa shape index (κ2) is 15.7. The molecule has 2 atom stereocenters. The molecule has 4 rings (SSSR count). The van der Waals surface area contributed by atoms with Crippen molar-refractivity contribution < 1.29 is 38.4 Å². The fraction of sp³-hybridized carbons (Fsp3) is 0.545. The summed E-state index contributed by atoms with van der Waals surface area (Å²) < 4.78 is 35.0. The molecule has 10 heteroatoms. The summed E-state index contributed by atoms with van der Waals surface area (Å²) >= 11 is 0. The number of benzene rings is 2. The van der Waals surface area contributed by atoms with Gasteiger partial charge in [0.2, 0.25) is 5.75 Å². The molecule has 1 aliphatic carbocycles. The molecule has 2 unspecified atom stereocenters. The molecule has 2 aromatic carbocycles. The minimum Gasteiger partial charge on any atom is -0.493 e. The number of nitrogens with one attached hydrogen (secondary N) is 1. The molecule has 0 spiro atoms. The average Bonchev–Trinajstić information content (AvgIpc) is 3.55. The lowest BCUT2D eigenvalue weighted by atomic mass is 9.95. The predicted octanol–water partition coefficient (Wildman–Crippen LogP) is 6.89. The molecule has 2 N–H and O–H groups in total. The van der Waals surface area contributed by atoms with Crippen LogP contribution >= 0.6 is 0 Å². The quantitative estimate of drug-likeness (QED) is 0.190. The molecule has 0 aromatic heterocycles. The maximum absolute atomic E-state index is 12.5. The van der Waals surface area contributed by atoms with Crippen molar-refractivity contribution in [2.24, 2.45) is 0 Å². The molecule has 2 amide bonds. The van der Waals surface area contributed by atoms with Gasteiger partial charge in [-0.05, 0) is 73.9 Å². The molecule has 43 heavy (non-hydrogen) atoms. The highest BCUT2D eigenvalue weighted by Gasteiger charge is 2.31. The molecule has 1 saturated heterocycles. The first-order valence-corrected chi connectivity index (χ1v) is 15.2. The predicted molar refractivity (Wildman–Crippen MR) is 163 cm³/mol. The fourth-order valence-electron chi connectivity index (χ4n) is 5.83. The van der Waals surface area contributed by atoms with Gasteiger partial charge in [-0.3, -0.25) is 5.21 Å². The minimum absolute atomic E-state index is 0.132. The Morgan fingerprint density at radius 2 is 1.47 bits per heavy atom. The zero-order valence-electron chi connectivity index (χ0n) is 26.0. The Morgan fingerprint density at radius 1 is 0.884 bits per heavy atom. The Labute approximate surface area is 254 Å². The number of rotatable bonds is 13. The van der Waals surface area contributed by atoms with E-state index in [0.29, 0.717) is 41.8 Å². The van der Waals surface area contributed by atoms with Crippen LogP contribution in [0.3, 0.4) is 0 Å². The number of allylic oxidation sites excluding steroid dienone is 1. The lowest BCUT2D eigenvalue weighted by Gasteiger charge is -2.28.